The maximum Gasteiger partial charge on any atom is 0.244 e. The van der Waals surface area contributed by atoms with Crippen LogP contribution in [-0.4, -0.2) is 35.4 Å². The van der Waals surface area contributed by atoms with Gasteiger partial charge in [0.1, 0.15) is 0 Å². The Bertz CT molecular complexity index is 979. The summed E-state index contributed by atoms with van der Waals surface area (Å²) in [6.45, 7) is 2.75. The fraction of sp³-hybridized carbons (Fsp3) is 0.286. The highest BCUT2D eigenvalue weighted by Crippen LogP contribution is 2.37. The zero-order valence-corrected chi connectivity index (χ0v) is 16.2. The van der Waals surface area contributed by atoms with E-state index in [4.69, 9.17) is 9.47 Å². The third-order valence-corrected chi connectivity index (χ3v) is 4.90. The van der Waals surface area contributed by atoms with Crippen LogP contribution in [0.15, 0.2) is 48.7 Å². The lowest BCUT2D eigenvalue weighted by atomic mass is 10.1. The van der Waals surface area contributed by atoms with Crippen LogP contribution in [0.25, 0.3) is 0 Å². The van der Waals surface area contributed by atoms with Crippen LogP contribution < -0.4 is 19.7 Å². The number of hydrogen-bond acceptors (Lipinski definition) is 7. The second-order valence-electron chi connectivity index (χ2n) is 6.73. The molecule has 1 aliphatic rings. The van der Waals surface area contributed by atoms with E-state index in [0.29, 0.717) is 30.0 Å². The van der Waals surface area contributed by atoms with E-state index in [9.17, 15) is 0 Å². The van der Waals surface area contributed by atoms with E-state index >= 15 is 0 Å². The molecule has 2 aromatic carbocycles. The van der Waals surface area contributed by atoms with Gasteiger partial charge in [-0.1, -0.05) is 24.3 Å². The summed E-state index contributed by atoms with van der Waals surface area (Å²) in [6.07, 6.45) is 2.70. The largest absolute Gasteiger partial charge is 0.493 e. The van der Waals surface area contributed by atoms with E-state index in [1.165, 1.54) is 11.3 Å². The molecule has 0 aliphatic carbocycles. The zero-order valence-electron chi connectivity index (χ0n) is 16.2. The Labute approximate surface area is 164 Å². The minimum absolute atomic E-state index is 0.327. The van der Waals surface area contributed by atoms with Crippen molar-refractivity contribution >= 4 is 17.5 Å². The van der Waals surface area contributed by atoms with Crippen molar-refractivity contribution in [3.05, 3.63) is 59.8 Å². The first-order chi connectivity index (χ1) is 13.7. The molecular weight excluding hydrogens is 354 g/mol. The van der Waals surface area contributed by atoms with Crippen molar-refractivity contribution < 1.29 is 9.47 Å². The first-order valence-corrected chi connectivity index (χ1v) is 9.21. The normalized spacial score (nSPS) is 15.2. The average molecular weight is 377 g/mol. The minimum atomic E-state index is 0.327. The lowest BCUT2D eigenvalue weighted by Gasteiger charge is -2.23. The SMILES string of the molecule is COc1ccc(CNc2nncc(N3c4ccccc4CC3C)n2)cc1OC. The molecule has 0 saturated carbocycles. The van der Waals surface area contributed by atoms with Gasteiger partial charge in [0.15, 0.2) is 17.3 Å². The molecule has 0 spiro atoms. The van der Waals surface area contributed by atoms with E-state index in [-0.39, 0.29) is 0 Å². The van der Waals surface area contributed by atoms with Gasteiger partial charge >= 0.3 is 0 Å². The number of anilines is 3. The lowest BCUT2D eigenvalue weighted by Crippen LogP contribution is -2.25. The number of aromatic nitrogens is 3. The van der Waals surface area contributed by atoms with Crippen molar-refractivity contribution in [3.63, 3.8) is 0 Å². The van der Waals surface area contributed by atoms with Gasteiger partial charge in [-0.2, -0.15) is 10.1 Å². The second kappa shape index (κ2) is 7.72. The predicted molar refractivity (Wildman–Crippen MR) is 108 cm³/mol. The summed E-state index contributed by atoms with van der Waals surface area (Å²) in [4.78, 5) is 6.89. The molecule has 2 heterocycles. The Kier molecular flexibility index (Phi) is 4.97. The highest BCUT2D eigenvalue weighted by molar-refractivity contribution is 5.68. The third-order valence-electron chi connectivity index (χ3n) is 4.90. The summed E-state index contributed by atoms with van der Waals surface area (Å²) in [7, 11) is 3.25. The Morgan fingerprint density at radius 2 is 1.93 bits per heavy atom. The molecule has 1 unspecified atom stereocenters. The summed E-state index contributed by atoms with van der Waals surface area (Å²) in [5, 5.41) is 11.5. The Morgan fingerprint density at radius 3 is 2.75 bits per heavy atom. The van der Waals surface area contributed by atoms with Crippen LogP contribution in [0.5, 0.6) is 11.5 Å². The van der Waals surface area contributed by atoms with E-state index in [2.05, 4.69) is 56.6 Å². The summed E-state index contributed by atoms with van der Waals surface area (Å²) in [5.41, 5.74) is 3.54. The standard InChI is InChI=1S/C21H23N5O2/c1-14-10-16-6-4-5-7-17(16)26(14)20-13-23-25-21(24-20)22-12-15-8-9-18(27-2)19(11-15)28-3/h4-9,11,13-14H,10,12H2,1-3H3,(H,22,24,25). The molecular formula is C21H23N5O2. The number of hydrogen-bond donors (Lipinski definition) is 1. The number of nitrogens with zero attached hydrogens (tertiary/aromatic N) is 4. The Balaban J connectivity index is 1.52. The first-order valence-electron chi connectivity index (χ1n) is 9.21. The topological polar surface area (TPSA) is 72.4 Å². The number of benzene rings is 2. The Hall–Kier alpha value is -3.35. The van der Waals surface area contributed by atoms with Crippen molar-refractivity contribution in [2.24, 2.45) is 0 Å². The lowest BCUT2D eigenvalue weighted by molar-refractivity contribution is 0.354. The summed E-state index contributed by atoms with van der Waals surface area (Å²) in [6, 6.07) is 14.5. The van der Waals surface area contributed by atoms with Crippen LogP contribution in [-0.2, 0) is 13.0 Å². The van der Waals surface area contributed by atoms with Gasteiger partial charge in [0, 0.05) is 18.3 Å². The highest BCUT2D eigenvalue weighted by Gasteiger charge is 2.28. The molecule has 144 valence electrons. The highest BCUT2D eigenvalue weighted by atomic mass is 16.5. The number of ether oxygens (including phenoxy) is 2. The molecule has 0 fully saturated rings. The number of para-hydroxylation sites is 1. The number of methoxy groups -OCH3 is 2. The summed E-state index contributed by atoms with van der Waals surface area (Å²) >= 11 is 0. The summed E-state index contributed by atoms with van der Waals surface area (Å²) in [5.74, 6) is 2.68. The molecule has 1 atom stereocenters. The van der Waals surface area contributed by atoms with Gasteiger partial charge in [-0.15, -0.1) is 5.10 Å². The fourth-order valence-corrected chi connectivity index (χ4v) is 3.57. The third kappa shape index (κ3) is 3.43. The predicted octanol–water partition coefficient (Wildman–Crippen LogP) is 3.58. The van der Waals surface area contributed by atoms with Crippen LogP contribution >= 0.6 is 0 Å². The molecule has 0 bridgehead atoms. The molecule has 0 amide bonds. The van der Waals surface area contributed by atoms with E-state index in [1.807, 2.05) is 18.2 Å². The van der Waals surface area contributed by atoms with Crippen LogP contribution in [0.4, 0.5) is 17.5 Å². The van der Waals surface area contributed by atoms with Gasteiger partial charge in [-0.3, -0.25) is 0 Å². The van der Waals surface area contributed by atoms with Gasteiger partial charge in [-0.05, 0) is 42.7 Å². The average Bonchev–Trinajstić information content (AvgIpc) is 3.07. The molecule has 3 aromatic rings. The molecule has 28 heavy (non-hydrogen) atoms. The van der Waals surface area contributed by atoms with E-state index < -0.39 is 0 Å². The number of rotatable bonds is 6. The molecule has 0 saturated heterocycles. The van der Waals surface area contributed by atoms with Crippen LogP contribution in [0.3, 0.4) is 0 Å². The maximum atomic E-state index is 5.36. The van der Waals surface area contributed by atoms with Crippen molar-refractivity contribution in [2.45, 2.75) is 25.9 Å². The molecule has 7 nitrogen and oxygen atoms in total. The molecule has 1 N–H and O–H groups in total. The van der Waals surface area contributed by atoms with Crippen molar-refractivity contribution in [1.82, 2.24) is 15.2 Å². The van der Waals surface area contributed by atoms with Crippen molar-refractivity contribution in [1.29, 1.82) is 0 Å². The summed E-state index contributed by atoms with van der Waals surface area (Å²) < 4.78 is 10.6. The number of fused-ring (bicyclic) bond motifs is 1. The van der Waals surface area contributed by atoms with E-state index in [0.717, 1.165) is 17.8 Å². The van der Waals surface area contributed by atoms with Gasteiger partial charge in [0.05, 0.1) is 20.4 Å². The van der Waals surface area contributed by atoms with Gasteiger partial charge in [-0.25, -0.2) is 0 Å². The minimum Gasteiger partial charge on any atom is -0.493 e. The smallest absolute Gasteiger partial charge is 0.244 e. The van der Waals surface area contributed by atoms with Gasteiger partial charge < -0.3 is 19.7 Å². The van der Waals surface area contributed by atoms with Crippen molar-refractivity contribution in [3.8, 4) is 11.5 Å². The Morgan fingerprint density at radius 1 is 1.11 bits per heavy atom. The first kappa shape index (κ1) is 18.0. The van der Waals surface area contributed by atoms with Crippen LogP contribution in [0.1, 0.15) is 18.1 Å². The van der Waals surface area contributed by atoms with Crippen LogP contribution in [0.2, 0.25) is 0 Å². The number of nitrogens with one attached hydrogen (secondary N) is 1. The molecule has 4 rings (SSSR count). The zero-order chi connectivity index (χ0) is 19.5. The van der Waals surface area contributed by atoms with Crippen molar-refractivity contribution in [2.75, 3.05) is 24.4 Å². The molecule has 7 heteroatoms. The van der Waals surface area contributed by atoms with Gasteiger partial charge in [0.25, 0.3) is 0 Å². The quantitative estimate of drug-likeness (QED) is 0.704. The monoisotopic (exact) mass is 377 g/mol. The molecule has 1 aromatic heterocycles. The second-order valence-corrected chi connectivity index (χ2v) is 6.73. The van der Waals surface area contributed by atoms with E-state index in [1.54, 1.807) is 20.4 Å². The van der Waals surface area contributed by atoms with Gasteiger partial charge in [0.2, 0.25) is 5.95 Å². The van der Waals surface area contributed by atoms with Crippen LogP contribution in [0, 0.1) is 0 Å². The maximum absolute atomic E-state index is 5.36. The molecule has 1 aliphatic heterocycles. The molecule has 0 radical (unpaired) electrons. The fourth-order valence-electron chi connectivity index (χ4n) is 3.57.